The minimum Gasteiger partial charge on any atom is -0.426 e. The normalized spacial score (nSPS) is 11.1. The maximum Gasteiger partial charge on any atom is 0.329 e. The highest BCUT2D eigenvalue weighted by molar-refractivity contribution is 7.87. The van der Waals surface area contributed by atoms with Crippen LogP contribution in [-0.2, 0) is 19.1 Å². The second kappa shape index (κ2) is 5.59. The molecule has 0 amide bonds. The summed E-state index contributed by atoms with van der Waals surface area (Å²) in [5, 5.41) is 0. The Morgan fingerprint density at radius 3 is 2.44 bits per heavy atom. The van der Waals surface area contributed by atoms with Crippen LogP contribution in [0.5, 0.6) is 5.75 Å². The third-order valence-corrected chi connectivity index (χ3v) is 2.60. The highest BCUT2D eigenvalue weighted by Crippen LogP contribution is 2.08. The zero-order valence-electron chi connectivity index (χ0n) is 8.33. The summed E-state index contributed by atoms with van der Waals surface area (Å²) in [6.07, 6.45) is 0. The van der Waals surface area contributed by atoms with Gasteiger partial charge in [0.25, 0.3) is 10.1 Å². The molecule has 0 saturated heterocycles. The summed E-state index contributed by atoms with van der Waals surface area (Å²) in [6.45, 7) is -0.499. The number of esters is 1. The topological polar surface area (TPSA) is 95.7 Å². The van der Waals surface area contributed by atoms with Crippen molar-refractivity contribution >= 4 is 16.1 Å². The van der Waals surface area contributed by atoms with Crippen LogP contribution in [0, 0.1) is 0 Å². The number of nitrogens with two attached hydrogens (primary N) is 1. The van der Waals surface area contributed by atoms with Gasteiger partial charge in [-0.3, -0.25) is 8.98 Å². The maximum absolute atomic E-state index is 11.2. The molecular formula is C9H11NO5S. The van der Waals surface area contributed by atoms with Crippen molar-refractivity contribution in [2.75, 3.05) is 12.5 Å². The first-order valence-electron chi connectivity index (χ1n) is 4.36. The average Bonchev–Trinajstić information content (AvgIpc) is 2.17. The van der Waals surface area contributed by atoms with Crippen molar-refractivity contribution in [3.8, 4) is 5.75 Å². The van der Waals surface area contributed by atoms with Crippen molar-refractivity contribution in [2.24, 2.45) is 5.73 Å². The molecule has 7 heteroatoms. The monoisotopic (exact) mass is 245 g/mol. The molecule has 0 spiro atoms. The van der Waals surface area contributed by atoms with Crippen molar-refractivity contribution in [2.45, 2.75) is 0 Å². The van der Waals surface area contributed by atoms with Crippen LogP contribution in [0.25, 0.3) is 0 Å². The van der Waals surface area contributed by atoms with E-state index in [1.807, 2.05) is 0 Å². The zero-order valence-corrected chi connectivity index (χ0v) is 9.14. The SMILES string of the molecule is NCOS(=O)(=O)CC(=O)Oc1ccccc1. The largest absolute Gasteiger partial charge is 0.426 e. The lowest BCUT2D eigenvalue weighted by molar-refractivity contribution is -0.131. The smallest absolute Gasteiger partial charge is 0.329 e. The van der Waals surface area contributed by atoms with Crippen molar-refractivity contribution in [3.63, 3.8) is 0 Å². The molecule has 0 fully saturated rings. The van der Waals surface area contributed by atoms with Gasteiger partial charge in [-0.2, -0.15) is 8.42 Å². The second-order valence-electron chi connectivity index (χ2n) is 2.77. The van der Waals surface area contributed by atoms with Crippen LogP contribution in [0.3, 0.4) is 0 Å². The molecule has 88 valence electrons. The Hall–Kier alpha value is -1.44. The van der Waals surface area contributed by atoms with Crippen LogP contribution < -0.4 is 10.5 Å². The van der Waals surface area contributed by atoms with Crippen molar-refractivity contribution in [1.82, 2.24) is 0 Å². The zero-order chi connectivity index (χ0) is 12.0. The Balaban J connectivity index is 2.55. The van der Waals surface area contributed by atoms with E-state index in [1.165, 1.54) is 12.1 Å². The molecule has 0 aliphatic rings. The molecule has 0 aromatic heterocycles. The fraction of sp³-hybridized carbons (Fsp3) is 0.222. The van der Waals surface area contributed by atoms with Gasteiger partial charge in [-0.15, -0.1) is 0 Å². The molecule has 0 aliphatic heterocycles. The van der Waals surface area contributed by atoms with E-state index in [9.17, 15) is 13.2 Å². The molecule has 0 unspecified atom stereocenters. The fourth-order valence-corrected chi connectivity index (χ4v) is 1.58. The van der Waals surface area contributed by atoms with E-state index in [1.54, 1.807) is 18.2 Å². The van der Waals surface area contributed by atoms with Gasteiger partial charge >= 0.3 is 5.97 Å². The van der Waals surface area contributed by atoms with Crippen molar-refractivity contribution < 1.29 is 22.1 Å². The van der Waals surface area contributed by atoms with Crippen LogP contribution in [0.2, 0.25) is 0 Å². The molecule has 1 rings (SSSR count). The van der Waals surface area contributed by atoms with Crippen LogP contribution in [-0.4, -0.2) is 26.9 Å². The summed E-state index contributed by atoms with van der Waals surface area (Å²) >= 11 is 0. The number of carbonyl (C=O) groups is 1. The fourth-order valence-electron chi connectivity index (χ4n) is 0.939. The van der Waals surface area contributed by atoms with Crippen LogP contribution in [0.4, 0.5) is 0 Å². The van der Waals surface area contributed by atoms with E-state index in [4.69, 9.17) is 10.5 Å². The molecule has 6 nitrogen and oxygen atoms in total. The number of ether oxygens (including phenoxy) is 1. The third-order valence-electron chi connectivity index (χ3n) is 1.52. The minimum atomic E-state index is -3.95. The molecule has 0 radical (unpaired) electrons. The lowest BCUT2D eigenvalue weighted by atomic mass is 10.3. The summed E-state index contributed by atoms with van der Waals surface area (Å²) in [5.41, 5.74) is 4.89. The Morgan fingerprint density at radius 1 is 1.25 bits per heavy atom. The average molecular weight is 245 g/mol. The molecule has 0 heterocycles. The van der Waals surface area contributed by atoms with E-state index in [2.05, 4.69) is 4.18 Å². The molecule has 16 heavy (non-hydrogen) atoms. The standard InChI is InChI=1S/C9H11NO5S/c10-7-14-16(12,13)6-9(11)15-8-4-2-1-3-5-8/h1-5H,6-7,10H2. The molecule has 1 aromatic rings. The van der Waals surface area contributed by atoms with Gasteiger partial charge in [0.15, 0.2) is 5.75 Å². The Labute approximate surface area is 93.1 Å². The molecule has 2 N–H and O–H groups in total. The van der Waals surface area contributed by atoms with Gasteiger partial charge in [-0.05, 0) is 12.1 Å². The summed E-state index contributed by atoms with van der Waals surface area (Å²) in [5.74, 6) is -1.51. The summed E-state index contributed by atoms with van der Waals surface area (Å²) in [7, 11) is -3.95. The van der Waals surface area contributed by atoms with E-state index in [0.717, 1.165) is 0 Å². The van der Waals surface area contributed by atoms with Gasteiger partial charge in [0.1, 0.15) is 12.5 Å². The molecule has 0 aliphatic carbocycles. The predicted octanol–water partition coefficient (Wildman–Crippen LogP) is -0.145. The number of rotatable bonds is 5. The van der Waals surface area contributed by atoms with Crippen LogP contribution in [0.1, 0.15) is 0 Å². The first-order valence-corrected chi connectivity index (χ1v) is 5.94. The van der Waals surface area contributed by atoms with Crippen LogP contribution >= 0.6 is 0 Å². The highest BCUT2D eigenvalue weighted by atomic mass is 32.2. The summed E-state index contributed by atoms with van der Waals surface area (Å²) in [6, 6.07) is 8.13. The number of benzene rings is 1. The van der Waals surface area contributed by atoms with Gasteiger partial charge < -0.3 is 10.5 Å². The van der Waals surface area contributed by atoms with Gasteiger partial charge in [0.05, 0.1) is 0 Å². The highest BCUT2D eigenvalue weighted by Gasteiger charge is 2.18. The van der Waals surface area contributed by atoms with Crippen molar-refractivity contribution in [1.29, 1.82) is 0 Å². The van der Waals surface area contributed by atoms with Gasteiger partial charge in [0.2, 0.25) is 0 Å². The first kappa shape index (κ1) is 12.6. The minimum absolute atomic E-state index is 0.274. The molecule has 1 aromatic carbocycles. The molecule has 0 saturated carbocycles. The van der Waals surface area contributed by atoms with Crippen LogP contribution in [0.15, 0.2) is 30.3 Å². The molecular weight excluding hydrogens is 234 g/mol. The molecule has 0 bridgehead atoms. The third kappa shape index (κ3) is 4.39. The number of carbonyl (C=O) groups excluding carboxylic acids is 1. The molecule has 0 atom stereocenters. The Morgan fingerprint density at radius 2 is 1.88 bits per heavy atom. The predicted molar refractivity (Wildman–Crippen MR) is 56.0 cm³/mol. The Bertz CT molecular complexity index is 442. The second-order valence-corrected chi connectivity index (χ2v) is 4.41. The van der Waals surface area contributed by atoms with E-state index in [-0.39, 0.29) is 5.75 Å². The van der Waals surface area contributed by atoms with Gasteiger partial charge in [-0.1, -0.05) is 18.2 Å². The van der Waals surface area contributed by atoms with E-state index < -0.39 is 28.6 Å². The van der Waals surface area contributed by atoms with Gasteiger partial charge in [0, 0.05) is 0 Å². The summed E-state index contributed by atoms with van der Waals surface area (Å²) < 4.78 is 31.0. The quantitative estimate of drug-likeness (QED) is 0.335. The number of hydrogen-bond donors (Lipinski definition) is 1. The summed E-state index contributed by atoms with van der Waals surface area (Å²) in [4.78, 5) is 11.2. The van der Waals surface area contributed by atoms with E-state index >= 15 is 0 Å². The van der Waals surface area contributed by atoms with Crippen molar-refractivity contribution in [3.05, 3.63) is 30.3 Å². The maximum atomic E-state index is 11.2. The lowest BCUT2D eigenvalue weighted by Crippen LogP contribution is -2.24. The number of hydrogen-bond acceptors (Lipinski definition) is 6. The first-order chi connectivity index (χ1) is 7.53. The van der Waals surface area contributed by atoms with E-state index in [0.29, 0.717) is 0 Å². The Kier molecular flexibility index (Phi) is 4.41. The van der Waals surface area contributed by atoms with Gasteiger partial charge in [-0.25, -0.2) is 0 Å². The lowest BCUT2D eigenvalue weighted by Gasteiger charge is -2.04. The number of para-hydroxylation sites is 1.